The van der Waals surface area contributed by atoms with Gasteiger partial charge >= 0.3 is 0 Å². The van der Waals surface area contributed by atoms with E-state index >= 15 is 0 Å². The van der Waals surface area contributed by atoms with Gasteiger partial charge in [0, 0.05) is 33.1 Å². The van der Waals surface area contributed by atoms with Crippen LogP contribution in [0.5, 0.6) is 0 Å². The van der Waals surface area contributed by atoms with Crippen LogP contribution in [-0.2, 0) is 11.0 Å². The lowest BCUT2D eigenvalue weighted by Crippen LogP contribution is -2.48. The average molecular weight is 457 g/mol. The molecule has 0 amide bonds. The average Bonchev–Trinajstić information content (AvgIpc) is 3.38. The van der Waals surface area contributed by atoms with Crippen LogP contribution >= 0.6 is 0 Å². The second-order valence-electron chi connectivity index (χ2n) is 9.54. The summed E-state index contributed by atoms with van der Waals surface area (Å²) >= 11 is 0. The Balaban J connectivity index is 1.65. The van der Waals surface area contributed by atoms with Crippen molar-refractivity contribution < 1.29 is 14.5 Å². The number of ketones is 2. The van der Waals surface area contributed by atoms with E-state index in [-0.39, 0.29) is 16.5 Å². The molecule has 0 unspecified atom stereocenters. The smallest absolute Gasteiger partial charge is 0.287 e. The second kappa shape index (κ2) is 6.39. The van der Waals surface area contributed by atoms with Gasteiger partial charge in [0.1, 0.15) is 5.41 Å². The highest BCUT2D eigenvalue weighted by Gasteiger charge is 3.02. The zero-order valence-corrected chi connectivity index (χ0v) is 18.5. The minimum atomic E-state index is -1.85. The van der Waals surface area contributed by atoms with Crippen molar-refractivity contribution in [3.8, 4) is 0 Å². The van der Waals surface area contributed by atoms with Gasteiger partial charge in [0.05, 0.1) is 5.41 Å². The summed E-state index contributed by atoms with van der Waals surface area (Å²) in [5.74, 6) is -1.21. The van der Waals surface area contributed by atoms with Gasteiger partial charge in [-0.15, -0.1) is 0 Å². The first-order chi connectivity index (χ1) is 17.1. The molecule has 7 rings (SSSR count). The third kappa shape index (κ3) is 1.88. The molecular formula is C30H19NO4. The van der Waals surface area contributed by atoms with Gasteiger partial charge in [0.15, 0.2) is 11.6 Å². The molecule has 3 aliphatic carbocycles. The molecule has 5 nitrogen and oxygen atoms in total. The number of hydrogen-bond acceptors (Lipinski definition) is 4. The van der Waals surface area contributed by atoms with Crippen LogP contribution < -0.4 is 0 Å². The van der Waals surface area contributed by atoms with E-state index in [4.69, 9.17) is 0 Å². The number of carbonyl (C=O) groups is 2. The second-order valence-corrected chi connectivity index (χ2v) is 9.54. The zero-order valence-electron chi connectivity index (χ0n) is 18.5. The number of carbonyl (C=O) groups excluding carboxylic acids is 2. The molecule has 5 heteroatoms. The van der Waals surface area contributed by atoms with E-state index in [1.54, 1.807) is 91.0 Å². The van der Waals surface area contributed by atoms with E-state index in [1.807, 2.05) is 18.2 Å². The number of hydrogen-bond donors (Lipinski definition) is 0. The predicted molar refractivity (Wildman–Crippen MR) is 129 cm³/mol. The standard InChI is InChI=1S/C30H19NO4/c32-26(19-11-3-1-4-12-19)28-23-17-9-10-18-24(23)30(31(34)35)22-16-8-7-15-21(22)25(28)29(28,30)27(33)20-13-5-2-6-14-20/h1-18,25H/t25-,28+,29-,30+/m0/s1. The summed E-state index contributed by atoms with van der Waals surface area (Å²) in [4.78, 5) is 42.1. The fourth-order valence-electron chi connectivity index (χ4n) is 7.48. The predicted octanol–water partition coefficient (Wildman–Crippen LogP) is 5.32. The monoisotopic (exact) mass is 457 g/mol. The van der Waals surface area contributed by atoms with E-state index in [2.05, 4.69) is 0 Å². The minimum Gasteiger partial charge on any atom is -0.293 e. The van der Waals surface area contributed by atoms with Crippen LogP contribution in [0.25, 0.3) is 0 Å². The van der Waals surface area contributed by atoms with Crippen LogP contribution in [0.1, 0.15) is 48.9 Å². The van der Waals surface area contributed by atoms with Gasteiger partial charge in [-0.3, -0.25) is 19.7 Å². The lowest BCUT2D eigenvalue weighted by Gasteiger charge is -2.29. The first-order valence-electron chi connectivity index (χ1n) is 11.6. The topological polar surface area (TPSA) is 77.3 Å². The molecule has 168 valence electrons. The van der Waals surface area contributed by atoms with E-state index in [0.717, 1.165) is 0 Å². The van der Waals surface area contributed by atoms with Crippen molar-refractivity contribution in [3.63, 3.8) is 0 Å². The summed E-state index contributed by atoms with van der Waals surface area (Å²) in [5, 5.41) is 13.3. The maximum absolute atomic E-state index is 14.6. The Hall–Kier alpha value is -4.38. The van der Waals surface area contributed by atoms with Crippen LogP contribution in [-0.4, -0.2) is 16.5 Å². The van der Waals surface area contributed by atoms with Crippen molar-refractivity contribution in [2.75, 3.05) is 0 Å². The van der Waals surface area contributed by atoms with Gasteiger partial charge < -0.3 is 0 Å². The number of fused-ring (bicyclic) bond motifs is 7. The van der Waals surface area contributed by atoms with Crippen LogP contribution in [0.2, 0.25) is 0 Å². The minimum absolute atomic E-state index is 0.238. The molecule has 3 aliphatic rings. The van der Waals surface area contributed by atoms with Gasteiger partial charge in [-0.1, -0.05) is 109 Å². The Kier molecular flexibility index (Phi) is 3.66. The van der Waals surface area contributed by atoms with Gasteiger partial charge in [-0.2, -0.15) is 0 Å². The molecule has 0 aromatic heterocycles. The zero-order chi connectivity index (χ0) is 24.0. The van der Waals surface area contributed by atoms with Crippen LogP contribution in [0.3, 0.4) is 0 Å². The van der Waals surface area contributed by atoms with Gasteiger partial charge in [0.2, 0.25) is 0 Å². The van der Waals surface area contributed by atoms with Crippen molar-refractivity contribution in [1.29, 1.82) is 0 Å². The van der Waals surface area contributed by atoms with E-state index in [9.17, 15) is 19.7 Å². The summed E-state index contributed by atoms with van der Waals surface area (Å²) in [6, 6.07) is 31.8. The molecule has 0 radical (unpaired) electrons. The molecule has 1 fully saturated rings. The molecule has 1 saturated carbocycles. The number of benzene rings is 4. The van der Waals surface area contributed by atoms with E-state index in [0.29, 0.717) is 33.4 Å². The highest BCUT2D eigenvalue weighted by atomic mass is 16.6. The molecule has 0 aliphatic heterocycles. The molecule has 0 spiro atoms. The Labute approximate surface area is 201 Å². The molecule has 4 atom stereocenters. The molecule has 0 bridgehead atoms. The Morgan fingerprint density at radius 2 is 1.11 bits per heavy atom. The lowest BCUT2D eigenvalue weighted by molar-refractivity contribution is -0.574. The van der Waals surface area contributed by atoms with Crippen LogP contribution in [0, 0.1) is 15.5 Å². The Morgan fingerprint density at radius 1 is 0.629 bits per heavy atom. The van der Waals surface area contributed by atoms with Crippen molar-refractivity contribution >= 4 is 11.6 Å². The third-order valence-electron chi connectivity index (χ3n) is 8.44. The molecule has 0 saturated heterocycles. The molecular weight excluding hydrogens is 438 g/mol. The maximum Gasteiger partial charge on any atom is 0.287 e. The molecule has 35 heavy (non-hydrogen) atoms. The molecule has 0 heterocycles. The Morgan fingerprint density at radius 3 is 1.71 bits per heavy atom. The van der Waals surface area contributed by atoms with Crippen molar-refractivity contribution in [3.05, 3.63) is 153 Å². The fraction of sp³-hybridized carbons (Fsp3) is 0.133. The van der Waals surface area contributed by atoms with Crippen LogP contribution in [0.15, 0.2) is 109 Å². The SMILES string of the molecule is O=C(c1ccccc1)[C@]12[C@H]3c4ccccc4[C@@]1([N+](=O)[O-])c1ccccc1[C@]32C(=O)c1ccccc1. The first-order valence-corrected chi connectivity index (χ1v) is 11.6. The molecule has 4 aromatic rings. The van der Waals surface area contributed by atoms with Gasteiger partial charge in [-0.05, 0) is 11.1 Å². The van der Waals surface area contributed by atoms with E-state index < -0.39 is 22.3 Å². The summed E-state index contributed by atoms with van der Waals surface area (Å²) in [7, 11) is 0. The van der Waals surface area contributed by atoms with Crippen molar-refractivity contribution in [2.45, 2.75) is 16.9 Å². The number of rotatable bonds is 5. The molecule has 0 N–H and O–H groups in total. The van der Waals surface area contributed by atoms with Gasteiger partial charge in [-0.25, -0.2) is 0 Å². The number of nitro groups is 1. The highest BCUT2D eigenvalue weighted by molar-refractivity contribution is 6.22. The first kappa shape index (κ1) is 20.0. The normalized spacial score (nSPS) is 28.5. The largest absolute Gasteiger partial charge is 0.293 e. The highest BCUT2D eigenvalue weighted by Crippen LogP contribution is 2.91. The summed E-state index contributed by atoms with van der Waals surface area (Å²) in [5.41, 5.74) is -1.67. The third-order valence-corrected chi connectivity index (χ3v) is 8.44. The quantitative estimate of drug-likeness (QED) is 0.231. The Bertz CT molecular complexity index is 1580. The lowest BCUT2D eigenvalue weighted by atomic mass is 9.70. The summed E-state index contributed by atoms with van der Waals surface area (Å²) in [6.07, 6.45) is 0. The number of nitrogens with zero attached hydrogens (tertiary/aromatic N) is 1. The summed E-state index contributed by atoms with van der Waals surface area (Å²) in [6.45, 7) is 0. The fourth-order valence-corrected chi connectivity index (χ4v) is 7.48. The molecule has 4 aromatic carbocycles. The number of Topliss-reactive ketones (excluding diaryl/α,β-unsaturated/α-hetero) is 2. The van der Waals surface area contributed by atoms with Crippen molar-refractivity contribution in [2.24, 2.45) is 5.41 Å². The summed E-state index contributed by atoms with van der Waals surface area (Å²) < 4.78 is 0. The van der Waals surface area contributed by atoms with Gasteiger partial charge in [0.25, 0.3) is 5.54 Å². The van der Waals surface area contributed by atoms with Crippen LogP contribution in [0.4, 0.5) is 0 Å². The van der Waals surface area contributed by atoms with E-state index in [1.165, 1.54) is 0 Å². The maximum atomic E-state index is 14.6. The van der Waals surface area contributed by atoms with Crippen molar-refractivity contribution in [1.82, 2.24) is 0 Å².